The van der Waals surface area contributed by atoms with E-state index in [1.54, 1.807) is 0 Å². The van der Waals surface area contributed by atoms with Gasteiger partial charge in [-0.25, -0.2) is 4.39 Å². The third kappa shape index (κ3) is 4.33. The van der Waals surface area contributed by atoms with Gasteiger partial charge in [-0.2, -0.15) is 0 Å². The molecule has 0 aliphatic carbocycles. The molecule has 0 saturated heterocycles. The molecule has 0 bridgehead atoms. The molecule has 1 aromatic carbocycles. The fourth-order valence-electron chi connectivity index (χ4n) is 1.14. The minimum atomic E-state index is -4.88. The Kier molecular flexibility index (Phi) is 4.50. The summed E-state index contributed by atoms with van der Waals surface area (Å²) in [7, 11) is 0. The van der Waals surface area contributed by atoms with Crippen LogP contribution in [0.25, 0.3) is 0 Å². The second-order valence-corrected chi connectivity index (χ2v) is 3.84. The molecule has 94 valence electrons. The van der Waals surface area contributed by atoms with Crippen LogP contribution in [0.5, 0.6) is 5.75 Å². The van der Waals surface area contributed by atoms with E-state index in [9.17, 15) is 22.4 Å². The number of Topliss-reactive ketones (excluding diaryl/α,β-unsaturated/α-hetero) is 1. The Hall–Kier alpha value is -1.11. The van der Waals surface area contributed by atoms with E-state index in [0.717, 1.165) is 12.1 Å². The van der Waals surface area contributed by atoms with Gasteiger partial charge in [-0.15, -0.1) is 13.2 Å². The molecule has 0 amide bonds. The summed E-state index contributed by atoms with van der Waals surface area (Å²) in [6, 6.07) is 2.41. The molecule has 1 rings (SSSR count). The molecule has 0 aromatic heterocycles. The van der Waals surface area contributed by atoms with Gasteiger partial charge in [0.1, 0.15) is 11.6 Å². The molecule has 0 atom stereocenters. The number of rotatable bonds is 4. The second-order valence-electron chi connectivity index (χ2n) is 3.05. The van der Waals surface area contributed by atoms with Gasteiger partial charge >= 0.3 is 6.36 Å². The predicted molar refractivity (Wildman–Crippen MR) is 55.8 cm³/mol. The average Bonchev–Trinajstić information content (AvgIpc) is 2.15. The van der Waals surface area contributed by atoms with Gasteiger partial charge in [-0.05, 0) is 12.1 Å². The van der Waals surface area contributed by atoms with Gasteiger partial charge in [0.25, 0.3) is 0 Å². The maximum absolute atomic E-state index is 13.3. The summed E-state index contributed by atoms with van der Waals surface area (Å²) in [6.07, 6.45) is -4.82. The van der Waals surface area contributed by atoms with E-state index in [1.807, 2.05) is 0 Å². The van der Waals surface area contributed by atoms with Crippen molar-refractivity contribution in [1.29, 1.82) is 0 Å². The first-order chi connectivity index (χ1) is 7.83. The van der Waals surface area contributed by atoms with Crippen molar-refractivity contribution in [3.05, 3.63) is 29.6 Å². The highest BCUT2D eigenvalue weighted by molar-refractivity contribution is 9.09. The molecular weight excluding hydrogens is 308 g/mol. The van der Waals surface area contributed by atoms with Crippen LogP contribution >= 0.6 is 15.9 Å². The normalized spacial score (nSPS) is 11.4. The first-order valence-corrected chi connectivity index (χ1v) is 5.60. The van der Waals surface area contributed by atoms with Crippen LogP contribution < -0.4 is 4.74 Å². The molecule has 0 fully saturated rings. The molecule has 2 nitrogen and oxygen atoms in total. The molecule has 7 heteroatoms. The number of ketones is 1. The van der Waals surface area contributed by atoms with E-state index in [1.165, 1.54) is 0 Å². The molecule has 0 aliphatic rings. The van der Waals surface area contributed by atoms with Crippen LogP contribution in [-0.4, -0.2) is 17.5 Å². The van der Waals surface area contributed by atoms with E-state index in [-0.39, 0.29) is 12.0 Å². The van der Waals surface area contributed by atoms with Crippen molar-refractivity contribution in [2.45, 2.75) is 12.8 Å². The van der Waals surface area contributed by atoms with E-state index >= 15 is 0 Å². The number of carbonyl (C=O) groups is 1. The van der Waals surface area contributed by atoms with Crippen molar-refractivity contribution < 1.29 is 27.1 Å². The third-order valence-corrected chi connectivity index (χ3v) is 2.19. The first-order valence-electron chi connectivity index (χ1n) is 4.48. The number of carbonyl (C=O) groups excluding carboxylic acids is 1. The first kappa shape index (κ1) is 14.0. The zero-order chi connectivity index (χ0) is 13.1. The number of hydrogen-bond donors (Lipinski definition) is 0. The lowest BCUT2D eigenvalue weighted by Crippen LogP contribution is -2.17. The zero-order valence-corrected chi connectivity index (χ0v) is 9.94. The van der Waals surface area contributed by atoms with E-state index in [0.29, 0.717) is 11.4 Å². The highest BCUT2D eigenvalue weighted by atomic mass is 79.9. The van der Waals surface area contributed by atoms with E-state index in [4.69, 9.17) is 0 Å². The standard InChI is InChI=1S/C10H7BrF4O2/c11-4-3-9(16)7-2-1-6(5-8(7)12)17-10(13,14)15/h1-2,5H,3-4H2. The van der Waals surface area contributed by atoms with Crippen LogP contribution in [0.1, 0.15) is 16.8 Å². The van der Waals surface area contributed by atoms with Gasteiger partial charge in [0.05, 0.1) is 5.56 Å². The fraction of sp³-hybridized carbons (Fsp3) is 0.300. The van der Waals surface area contributed by atoms with E-state index in [2.05, 4.69) is 20.7 Å². The Morgan fingerprint density at radius 2 is 2.00 bits per heavy atom. The summed E-state index contributed by atoms with van der Waals surface area (Å²) in [5, 5.41) is 0.353. The average molecular weight is 315 g/mol. The molecule has 0 saturated carbocycles. The molecule has 0 spiro atoms. The zero-order valence-electron chi connectivity index (χ0n) is 8.35. The lowest BCUT2D eigenvalue weighted by atomic mass is 10.1. The van der Waals surface area contributed by atoms with Gasteiger partial charge in [0.2, 0.25) is 0 Å². The van der Waals surface area contributed by atoms with Crippen molar-refractivity contribution in [3.8, 4) is 5.75 Å². The van der Waals surface area contributed by atoms with Crippen LogP contribution in [0, 0.1) is 5.82 Å². The molecular formula is C10H7BrF4O2. The Morgan fingerprint density at radius 1 is 1.35 bits per heavy atom. The number of hydrogen-bond acceptors (Lipinski definition) is 2. The topological polar surface area (TPSA) is 26.3 Å². The lowest BCUT2D eigenvalue weighted by Gasteiger charge is -2.09. The second kappa shape index (κ2) is 5.48. The summed E-state index contributed by atoms with van der Waals surface area (Å²) < 4.78 is 52.3. The Labute approximate surface area is 103 Å². The molecule has 0 heterocycles. The smallest absolute Gasteiger partial charge is 0.406 e. The minimum absolute atomic E-state index is 0.0659. The lowest BCUT2D eigenvalue weighted by molar-refractivity contribution is -0.274. The van der Waals surface area contributed by atoms with Crippen LogP contribution in [0.2, 0.25) is 0 Å². The molecule has 0 radical (unpaired) electrons. The van der Waals surface area contributed by atoms with Gasteiger partial charge < -0.3 is 4.74 Å². The fourth-order valence-corrected chi connectivity index (χ4v) is 1.50. The number of halogens is 5. The quantitative estimate of drug-likeness (QED) is 0.481. The summed E-state index contributed by atoms with van der Waals surface area (Å²) >= 11 is 3.01. The van der Waals surface area contributed by atoms with Crippen molar-refractivity contribution in [2.24, 2.45) is 0 Å². The minimum Gasteiger partial charge on any atom is -0.406 e. The van der Waals surface area contributed by atoms with Crippen molar-refractivity contribution >= 4 is 21.7 Å². The number of alkyl halides is 4. The monoisotopic (exact) mass is 314 g/mol. The van der Waals surface area contributed by atoms with Crippen LogP contribution in [-0.2, 0) is 0 Å². The highest BCUT2D eigenvalue weighted by Crippen LogP contribution is 2.24. The Bertz CT molecular complexity index is 417. The highest BCUT2D eigenvalue weighted by Gasteiger charge is 2.31. The predicted octanol–water partition coefficient (Wildman–Crippen LogP) is 3.69. The summed E-state index contributed by atoms with van der Waals surface area (Å²) in [5.74, 6) is -2.21. The molecule has 0 aliphatic heterocycles. The number of ether oxygens (including phenoxy) is 1. The van der Waals surface area contributed by atoms with E-state index < -0.39 is 23.7 Å². The van der Waals surface area contributed by atoms with Gasteiger partial charge in [-0.3, -0.25) is 4.79 Å². The molecule has 0 N–H and O–H groups in total. The summed E-state index contributed by atoms with van der Waals surface area (Å²) in [6.45, 7) is 0. The molecule has 1 aromatic rings. The van der Waals surface area contributed by atoms with Crippen LogP contribution in [0.15, 0.2) is 18.2 Å². The maximum atomic E-state index is 13.3. The number of benzene rings is 1. The van der Waals surface area contributed by atoms with Crippen molar-refractivity contribution in [2.75, 3.05) is 5.33 Å². The molecule has 0 unspecified atom stereocenters. The van der Waals surface area contributed by atoms with Crippen LogP contribution in [0.4, 0.5) is 17.6 Å². The summed E-state index contributed by atoms with van der Waals surface area (Å²) in [5.41, 5.74) is -0.251. The summed E-state index contributed by atoms with van der Waals surface area (Å²) in [4.78, 5) is 11.3. The van der Waals surface area contributed by atoms with Gasteiger partial charge in [0.15, 0.2) is 5.78 Å². The van der Waals surface area contributed by atoms with Gasteiger partial charge in [0, 0.05) is 17.8 Å². The van der Waals surface area contributed by atoms with Crippen molar-refractivity contribution in [1.82, 2.24) is 0 Å². The third-order valence-electron chi connectivity index (χ3n) is 1.80. The van der Waals surface area contributed by atoms with Crippen molar-refractivity contribution in [3.63, 3.8) is 0 Å². The van der Waals surface area contributed by atoms with Crippen LogP contribution in [0.3, 0.4) is 0 Å². The Balaban J connectivity index is 2.90. The Morgan fingerprint density at radius 3 is 2.47 bits per heavy atom. The largest absolute Gasteiger partial charge is 0.573 e. The SMILES string of the molecule is O=C(CCBr)c1ccc(OC(F)(F)F)cc1F. The van der Waals surface area contributed by atoms with Gasteiger partial charge in [-0.1, -0.05) is 15.9 Å². The molecule has 17 heavy (non-hydrogen) atoms. The maximum Gasteiger partial charge on any atom is 0.573 e.